The van der Waals surface area contributed by atoms with Gasteiger partial charge in [-0.15, -0.1) is 0 Å². The minimum absolute atomic E-state index is 0.247. The molecule has 0 atom stereocenters. The van der Waals surface area contributed by atoms with Crippen molar-refractivity contribution in [2.45, 2.75) is 65.2 Å². The van der Waals surface area contributed by atoms with Crippen LogP contribution in [0, 0.1) is 0 Å². The van der Waals surface area contributed by atoms with Crippen molar-refractivity contribution in [1.29, 1.82) is 0 Å². The lowest BCUT2D eigenvalue weighted by molar-refractivity contribution is 0.459. The smallest absolute Gasteiger partial charge is 0.00407 e. The number of hydrogen-bond donors (Lipinski definition) is 1. The monoisotopic (exact) mass is 261 g/mol. The molecule has 0 aromatic heterocycles. The Labute approximate surface area is 119 Å². The molecule has 0 unspecified atom stereocenters. The third-order valence-corrected chi connectivity index (χ3v) is 4.51. The van der Waals surface area contributed by atoms with Crippen molar-refractivity contribution in [2.24, 2.45) is 0 Å². The maximum Gasteiger partial charge on any atom is -0.00407 e. The molecule has 0 heterocycles. The van der Waals surface area contributed by atoms with Crippen LogP contribution < -0.4 is 5.32 Å². The van der Waals surface area contributed by atoms with Gasteiger partial charge in [-0.1, -0.05) is 65.8 Å². The number of nitrogens with one attached hydrogen (secondary N) is 1. The van der Waals surface area contributed by atoms with Gasteiger partial charge >= 0.3 is 0 Å². The molecular weight excluding hydrogens is 230 g/mol. The van der Waals surface area contributed by atoms with Crippen molar-refractivity contribution in [3.63, 3.8) is 0 Å². The molecule has 0 fully saturated rings. The minimum atomic E-state index is 0.247. The summed E-state index contributed by atoms with van der Waals surface area (Å²) in [5.74, 6) is 0. The van der Waals surface area contributed by atoms with Gasteiger partial charge in [-0.3, -0.25) is 0 Å². The molecule has 0 aliphatic carbocycles. The Morgan fingerprint density at radius 3 is 1.74 bits per heavy atom. The van der Waals surface area contributed by atoms with Gasteiger partial charge in [0.25, 0.3) is 0 Å². The second-order valence-corrected chi connectivity index (χ2v) is 6.80. The van der Waals surface area contributed by atoms with Crippen LogP contribution in [0.1, 0.15) is 65.5 Å². The van der Waals surface area contributed by atoms with Crippen LogP contribution in [0.15, 0.2) is 24.3 Å². The standard InChI is InChI=1S/C18H31N/c1-7-17(3,4)15-9-11-16(12-10-15)18(5,6)13-14-19-8-2/h9-12,19H,7-8,13-14H2,1-6H3. The first kappa shape index (κ1) is 16.2. The highest BCUT2D eigenvalue weighted by atomic mass is 14.8. The zero-order chi connectivity index (χ0) is 14.5. The van der Waals surface area contributed by atoms with E-state index in [4.69, 9.17) is 0 Å². The summed E-state index contributed by atoms with van der Waals surface area (Å²) >= 11 is 0. The molecule has 1 aromatic rings. The molecule has 1 N–H and O–H groups in total. The number of benzene rings is 1. The molecule has 0 radical (unpaired) electrons. The van der Waals surface area contributed by atoms with E-state index in [1.807, 2.05) is 0 Å². The molecular formula is C18H31N. The van der Waals surface area contributed by atoms with Crippen molar-refractivity contribution >= 4 is 0 Å². The Bertz CT molecular complexity index is 373. The minimum Gasteiger partial charge on any atom is -0.317 e. The van der Waals surface area contributed by atoms with E-state index in [-0.39, 0.29) is 10.8 Å². The predicted molar refractivity (Wildman–Crippen MR) is 85.9 cm³/mol. The fourth-order valence-corrected chi connectivity index (χ4v) is 2.30. The topological polar surface area (TPSA) is 12.0 Å². The Balaban J connectivity index is 2.80. The summed E-state index contributed by atoms with van der Waals surface area (Å²) in [4.78, 5) is 0. The normalized spacial score (nSPS) is 12.7. The molecule has 0 aliphatic heterocycles. The van der Waals surface area contributed by atoms with E-state index in [1.54, 1.807) is 0 Å². The zero-order valence-corrected chi connectivity index (χ0v) is 13.6. The highest BCUT2D eigenvalue weighted by Crippen LogP contribution is 2.31. The van der Waals surface area contributed by atoms with Gasteiger partial charge in [0, 0.05) is 0 Å². The molecule has 1 nitrogen and oxygen atoms in total. The molecule has 0 saturated carbocycles. The van der Waals surface area contributed by atoms with Crippen LogP contribution >= 0.6 is 0 Å². The Morgan fingerprint density at radius 2 is 1.32 bits per heavy atom. The summed E-state index contributed by atoms with van der Waals surface area (Å²) in [7, 11) is 0. The summed E-state index contributed by atoms with van der Waals surface area (Å²) in [6.45, 7) is 15.9. The van der Waals surface area contributed by atoms with Crippen LogP contribution in [0.2, 0.25) is 0 Å². The van der Waals surface area contributed by atoms with E-state index >= 15 is 0 Å². The third kappa shape index (κ3) is 4.35. The fourth-order valence-electron chi connectivity index (χ4n) is 2.30. The van der Waals surface area contributed by atoms with Crippen LogP contribution in [0.4, 0.5) is 0 Å². The van der Waals surface area contributed by atoms with E-state index in [9.17, 15) is 0 Å². The molecule has 0 spiro atoms. The van der Waals surface area contributed by atoms with Gasteiger partial charge < -0.3 is 5.32 Å². The second kappa shape index (κ2) is 6.56. The summed E-state index contributed by atoms with van der Waals surface area (Å²) in [5, 5.41) is 3.42. The van der Waals surface area contributed by atoms with Gasteiger partial charge in [0.2, 0.25) is 0 Å². The average molecular weight is 261 g/mol. The third-order valence-electron chi connectivity index (χ3n) is 4.51. The Hall–Kier alpha value is -0.820. The lowest BCUT2D eigenvalue weighted by atomic mass is 9.78. The Morgan fingerprint density at radius 1 is 0.842 bits per heavy atom. The van der Waals surface area contributed by atoms with Crippen LogP contribution in [0.25, 0.3) is 0 Å². The van der Waals surface area contributed by atoms with E-state index in [2.05, 4.69) is 71.1 Å². The lowest BCUT2D eigenvalue weighted by Crippen LogP contribution is -2.25. The van der Waals surface area contributed by atoms with Crippen LogP contribution in [0.5, 0.6) is 0 Å². The lowest BCUT2D eigenvalue weighted by Gasteiger charge is -2.28. The van der Waals surface area contributed by atoms with E-state index < -0.39 is 0 Å². The van der Waals surface area contributed by atoms with Gasteiger partial charge in [-0.2, -0.15) is 0 Å². The van der Waals surface area contributed by atoms with Crippen LogP contribution in [-0.2, 0) is 10.8 Å². The molecule has 0 aliphatic rings. The fraction of sp³-hybridized carbons (Fsp3) is 0.667. The highest BCUT2D eigenvalue weighted by molar-refractivity contribution is 5.31. The van der Waals surface area contributed by atoms with Gasteiger partial charge in [0.1, 0.15) is 0 Å². The van der Waals surface area contributed by atoms with E-state index in [0.717, 1.165) is 13.1 Å². The molecule has 19 heavy (non-hydrogen) atoms. The number of rotatable bonds is 7. The van der Waals surface area contributed by atoms with Crippen molar-refractivity contribution in [3.05, 3.63) is 35.4 Å². The summed E-state index contributed by atoms with van der Waals surface area (Å²) in [5.41, 5.74) is 3.42. The Kier molecular flexibility index (Phi) is 5.61. The average Bonchev–Trinajstić information content (AvgIpc) is 2.39. The van der Waals surface area contributed by atoms with E-state index in [1.165, 1.54) is 24.0 Å². The molecule has 108 valence electrons. The number of hydrogen-bond acceptors (Lipinski definition) is 1. The molecule has 0 bridgehead atoms. The van der Waals surface area contributed by atoms with Crippen molar-refractivity contribution in [3.8, 4) is 0 Å². The van der Waals surface area contributed by atoms with Gasteiger partial charge in [0.05, 0.1) is 0 Å². The van der Waals surface area contributed by atoms with Crippen molar-refractivity contribution in [2.75, 3.05) is 13.1 Å². The van der Waals surface area contributed by atoms with Gasteiger partial charge in [-0.25, -0.2) is 0 Å². The van der Waals surface area contributed by atoms with E-state index in [0.29, 0.717) is 0 Å². The zero-order valence-electron chi connectivity index (χ0n) is 13.6. The highest BCUT2D eigenvalue weighted by Gasteiger charge is 2.22. The predicted octanol–water partition coefficient (Wildman–Crippen LogP) is 4.65. The van der Waals surface area contributed by atoms with Gasteiger partial charge in [-0.05, 0) is 47.9 Å². The molecule has 0 amide bonds. The molecule has 1 aromatic carbocycles. The maximum absolute atomic E-state index is 3.42. The summed E-state index contributed by atoms with van der Waals surface area (Å²) in [6.07, 6.45) is 2.35. The SMILES string of the molecule is CCNCCC(C)(C)c1ccc(C(C)(C)CC)cc1. The largest absolute Gasteiger partial charge is 0.317 e. The van der Waals surface area contributed by atoms with Gasteiger partial charge in [0.15, 0.2) is 0 Å². The molecule has 1 heteroatoms. The maximum atomic E-state index is 3.42. The van der Waals surface area contributed by atoms with Crippen molar-refractivity contribution < 1.29 is 0 Å². The summed E-state index contributed by atoms with van der Waals surface area (Å²) in [6, 6.07) is 9.26. The van der Waals surface area contributed by atoms with Crippen LogP contribution in [0.3, 0.4) is 0 Å². The van der Waals surface area contributed by atoms with Crippen LogP contribution in [-0.4, -0.2) is 13.1 Å². The summed E-state index contributed by atoms with van der Waals surface area (Å²) < 4.78 is 0. The second-order valence-electron chi connectivity index (χ2n) is 6.80. The first-order valence-electron chi connectivity index (χ1n) is 7.65. The first-order valence-corrected chi connectivity index (χ1v) is 7.65. The molecule has 0 saturated heterocycles. The first-order chi connectivity index (χ1) is 8.83. The van der Waals surface area contributed by atoms with Crippen molar-refractivity contribution in [1.82, 2.24) is 5.32 Å². The molecule has 1 rings (SSSR count). The quantitative estimate of drug-likeness (QED) is 0.704.